The van der Waals surface area contributed by atoms with Crippen LogP contribution < -0.4 is 9.62 Å². The molecule has 0 saturated heterocycles. The van der Waals surface area contributed by atoms with Crippen molar-refractivity contribution in [1.82, 2.24) is 10.2 Å². The summed E-state index contributed by atoms with van der Waals surface area (Å²) in [7, 11) is -4.14. The van der Waals surface area contributed by atoms with Crippen LogP contribution in [-0.2, 0) is 26.2 Å². The van der Waals surface area contributed by atoms with Gasteiger partial charge >= 0.3 is 0 Å². The monoisotopic (exact) mass is 595 g/mol. The molecule has 1 N–H and O–H groups in total. The molecule has 0 spiro atoms. The molecule has 0 radical (unpaired) electrons. The molecule has 1 aliphatic carbocycles. The maximum absolute atomic E-state index is 14.2. The Hall–Kier alpha value is -3.36. The number of carbonyl (C=O) groups is 2. The highest BCUT2D eigenvalue weighted by molar-refractivity contribution is 7.92. The van der Waals surface area contributed by atoms with Crippen molar-refractivity contribution in [2.24, 2.45) is 0 Å². The van der Waals surface area contributed by atoms with Crippen LogP contribution in [0.25, 0.3) is 0 Å². The first-order chi connectivity index (χ1) is 19.7. The number of anilines is 1. The Morgan fingerprint density at radius 3 is 2.22 bits per heavy atom. The van der Waals surface area contributed by atoms with Gasteiger partial charge < -0.3 is 10.2 Å². The third-order valence-electron chi connectivity index (χ3n) is 7.58. The van der Waals surface area contributed by atoms with Crippen LogP contribution >= 0.6 is 11.6 Å². The largest absolute Gasteiger partial charge is 0.352 e. The van der Waals surface area contributed by atoms with E-state index in [4.69, 9.17) is 11.6 Å². The van der Waals surface area contributed by atoms with Crippen LogP contribution in [0.5, 0.6) is 0 Å². The predicted octanol–water partition coefficient (Wildman–Crippen LogP) is 6.10. The summed E-state index contributed by atoms with van der Waals surface area (Å²) in [6, 6.07) is 21.7. The minimum absolute atomic E-state index is 0.0591. The number of hydrogen-bond acceptors (Lipinski definition) is 4. The molecule has 0 bridgehead atoms. The Balaban J connectivity index is 1.71. The average Bonchev–Trinajstić information content (AvgIpc) is 2.98. The Morgan fingerprint density at radius 1 is 0.951 bits per heavy atom. The quantitative estimate of drug-likeness (QED) is 0.290. The van der Waals surface area contributed by atoms with Crippen LogP contribution in [0.1, 0.15) is 56.6 Å². The summed E-state index contributed by atoms with van der Waals surface area (Å²) in [5.41, 5.74) is 1.81. The minimum Gasteiger partial charge on any atom is -0.352 e. The molecule has 0 aliphatic heterocycles. The van der Waals surface area contributed by atoms with Gasteiger partial charge in [-0.2, -0.15) is 0 Å². The van der Waals surface area contributed by atoms with Gasteiger partial charge in [-0.25, -0.2) is 8.42 Å². The Labute approximate surface area is 248 Å². The smallest absolute Gasteiger partial charge is 0.264 e. The van der Waals surface area contributed by atoms with Crippen molar-refractivity contribution in [2.45, 2.75) is 75.9 Å². The number of nitrogens with zero attached hydrogens (tertiary/aromatic N) is 2. The number of nitrogens with one attached hydrogen (secondary N) is 1. The van der Waals surface area contributed by atoms with Gasteiger partial charge in [0.1, 0.15) is 12.6 Å². The van der Waals surface area contributed by atoms with Gasteiger partial charge in [0.25, 0.3) is 10.0 Å². The van der Waals surface area contributed by atoms with E-state index >= 15 is 0 Å². The second-order valence-electron chi connectivity index (χ2n) is 10.5. The van der Waals surface area contributed by atoms with Crippen LogP contribution in [0.3, 0.4) is 0 Å². The third-order valence-corrected chi connectivity index (χ3v) is 9.59. The Kier molecular flexibility index (Phi) is 10.5. The first-order valence-corrected chi connectivity index (χ1v) is 16.0. The van der Waals surface area contributed by atoms with Gasteiger partial charge in [-0.15, -0.1) is 0 Å². The lowest BCUT2D eigenvalue weighted by molar-refractivity contribution is -0.140. The lowest BCUT2D eigenvalue weighted by atomic mass is 9.95. The van der Waals surface area contributed by atoms with Gasteiger partial charge in [-0.05, 0) is 61.6 Å². The van der Waals surface area contributed by atoms with Crippen molar-refractivity contribution in [3.8, 4) is 0 Å². The van der Waals surface area contributed by atoms with Crippen LogP contribution in [0, 0.1) is 6.92 Å². The van der Waals surface area contributed by atoms with E-state index in [-0.39, 0.29) is 23.4 Å². The number of halogens is 1. The van der Waals surface area contributed by atoms with Gasteiger partial charge in [0.2, 0.25) is 11.8 Å². The maximum atomic E-state index is 14.2. The standard InChI is InChI=1S/C32H38ClN3O4S/c1-3-29(32(38)34-27-15-9-5-10-16-27)35(22-25-13-7-4-8-14-25)31(37)23-36(30-21-26(33)20-19-24(30)2)41(39,40)28-17-11-6-12-18-28/h4,6-8,11-14,17-21,27,29H,3,5,9-10,15-16,22-23H2,1-2H3,(H,34,38)/t29-/m1/s1. The highest BCUT2D eigenvalue weighted by atomic mass is 35.5. The number of aryl methyl sites for hydroxylation is 1. The molecule has 1 aliphatic rings. The lowest BCUT2D eigenvalue weighted by Crippen LogP contribution is -2.54. The fraction of sp³-hybridized carbons (Fsp3) is 0.375. The van der Waals surface area contributed by atoms with E-state index in [0.29, 0.717) is 22.7 Å². The molecule has 1 atom stereocenters. The van der Waals surface area contributed by atoms with Crippen molar-refractivity contribution in [3.05, 3.63) is 95.0 Å². The molecule has 7 nitrogen and oxygen atoms in total. The van der Waals surface area contributed by atoms with Crippen LogP contribution in [-0.4, -0.2) is 43.8 Å². The number of benzene rings is 3. The van der Waals surface area contributed by atoms with E-state index in [0.717, 1.165) is 42.0 Å². The third kappa shape index (κ3) is 7.68. The van der Waals surface area contributed by atoms with Gasteiger partial charge in [0.15, 0.2) is 0 Å². The minimum atomic E-state index is -4.14. The fourth-order valence-corrected chi connectivity index (χ4v) is 6.99. The number of sulfonamides is 1. The van der Waals surface area contributed by atoms with Crippen LogP contribution in [0.2, 0.25) is 5.02 Å². The van der Waals surface area contributed by atoms with E-state index in [1.807, 2.05) is 37.3 Å². The molecular weight excluding hydrogens is 558 g/mol. The normalized spacial score (nSPS) is 14.7. The van der Waals surface area contributed by atoms with Gasteiger partial charge in [-0.1, -0.05) is 92.4 Å². The molecule has 41 heavy (non-hydrogen) atoms. The molecule has 218 valence electrons. The number of rotatable bonds is 11. The number of amides is 2. The van der Waals surface area contributed by atoms with Gasteiger partial charge in [0, 0.05) is 17.6 Å². The molecule has 0 heterocycles. The molecule has 9 heteroatoms. The van der Waals surface area contributed by atoms with E-state index < -0.39 is 28.5 Å². The molecular formula is C32H38ClN3O4S. The van der Waals surface area contributed by atoms with E-state index in [2.05, 4.69) is 5.32 Å². The van der Waals surface area contributed by atoms with Gasteiger partial charge in [0.05, 0.1) is 10.6 Å². The summed E-state index contributed by atoms with van der Waals surface area (Å²) >= 11 is 6.30. The summed E-state index contributed by atoms with van der Waals surface area (Å²) in [5.74, 6) is -0.682. The second kappa shape index (κ2) is 14.0. The zero-order valence-corrected chi connectivity index (χ0v) is 25.2. The number of hydrogen-bond donors (Lipinski definition) is 1. The molecule has 0 unspecified atom stereocenters. The van der Waals surface area contributed by atoms with Crippen molar-refractivity contribution in [2.75, 3.05) is 10.8 Å². The van der Waals surface area contributed by atoms with Crippen molar-refractivity contribution >= 4 is 39.1 Å². The van der Waals surface area contributed by atoms with E-state index in [1.165, 1.54) is 17.0 Å². The Morgan fingerprint density at radius 2 is 1.59 bits per heavy atom. The average molecular weight is 596 g/mol. The summed E-state index contributed by atoms with van der Waals surface area (Å²) in [6.07, 6.45) is 5.53. The molecule has 1 fully saturated rings. The fourth-order valence-electron chi connectivity index (χ4n) is 5.33. The van der Waals surface area contributed by atoms with Crippen LogP contribution in [0.15, 0.2) is 83.8 Å². The zero-order valence-electron chi connectivity index (χ0n) is 23.6. The maximum Gasteiger partial charge on any atom is 0.264 e. The summed E-state index contributed by atoms with van der Waals surface area (Å²) < 4.78 is 29.1. The highest BCUT2D eigenvalue weighted by Gasteiger charge is 2.35. The number of carbonyl (C=O) groups excluding carboxylic acids is 2. The lowest BCUT2D eigenvalue weighted by Gasteiger charge is -2.34. The van der Waals surface area contributed by atoms with Gasteiger partial charge in [-0.3, -0.25) is 13.9 Å². The van der Waals surface area contributed by atoms with E-state index in [1.54, 1.807) is 43.3 Å². The molecule has 4 rings (SSSR count). The molecule has 3 aromatic carbocycles. The van der Waals surface area contributed by atoms with Crippen molar-refractivity contribution in [1.29, 1.82) is 0 Å². The van der Waals surface area contributed by atoms with Crippen LogP contribution in [0.4, 0.5) is 5.69 Å². The predicted molar refractivity (Wildman–Crippen MR) is 163 cm³/mol. The topological polar surface area (TPSA) is 86.8 Å². The summed E-state index contributed by atoms with van der Waals surface area (Å²) in [4.78, 5) is 29.4. The van der Waals surface area contributed by atoms with Crippen molar-refractivity contribution < 1.29 is 18.0 Å². The summed E-state index contributed by atoms with van der Waals surface area (Å²) in [6.45, 7) is 3.33. The first kappa shape index (κ1) is 30.6. The highest BCUT2D eigenvalue weighted by Crippen LogP contribution is 2.30. The first-order valence-electron chi connectivity index (χ1n) is 14.2. The zero-order chi connectivity index (χ0) is 29.4. The molecule has 1 saturated carbocycles. The molecule has 3 aromatic rings. The van der Waals surface area contributed by atoms with Crippen molar-refractivity contribution in [3.63, 3.8) is 0 Å². The summed E-state index contributed by atoms with van der Waals surface area (Å²) in [5, 5.41) is 3.52. The Bertz CT molecular complexity index is 1430. The molecule has 0 aromatic heterocycles. The van der Waals surface area contributed by atoms with E-state index in [9.17, 15) is 18.0 Å². The second-order valence-corrected chi connectivity index (χ2v) is 12.8. The SMILES string of the molecule is CC[C@H](C(=O)NC1CCCCC1)N(Cc1ccccc1)C(=O)CN(c1cc(Cl)ccc1C)S(=O)(=O)c1ccccc1. The molecule has 2 amide bonds.